The number of hydrogen-bond acceptors (Lipinski definition) is 7. The van der Waals surface area contributed by atoms with E-state index in [4.69, 9.17) is 14.0 Å². The molecule has 1 atom stereocenters. The number of nitrogens with one attached hydrogen (secondary N) is 2. The molecule has 2 aromatic heterocycles. The molecule has 3 aromatic rings. The zero-order valence-electron chi connectivity index (χ0n) is 16.0. The first-order chi connectivity index (χ1) is 14.1. The molecule has 0 bridgehead atoms. The number of nitrogens with zero attached hydrogens (tertiary/aromatic N) is 4. The van der Waals surface area contributed by atoms with Gasteiger partial charge in [0.25, 0.3) is 0 Å². The molecule has 0 saturated carbocycles. The van der Waals surface area contributed by atoms with Crippen LogP contribution in [0.3, 0.4) is 0 Å². The van der Waals surface area contributed by atoms with Gasteiger partial charge in [-0.15, -0.1) is 0 Å². The first kappa shape index (κ1) is 17.5. The number of H-pyrrole nitrogens is 1. The molecule has 2 aliphatic heterocycles. The van der Waals surface area contributed by atoms with Crippen molar-refractivity contribution in [2.24, 2.45) is 0 Å². The summed E-state index contributed by atoms with van der Waals surface area (Å²) in [5.41, 5.74) is 2.56. The molecule has 29 heavy (non-hydrogen) atoms. The van der Waals surface area contributed by atoms with Crippen LogP contribution in [0.4, 0.5) is 4.79 Å². The highest BCUT2D eigenvalue weighted by atomic mass is 16.7. The molecular weight excluding hydrogens is 376 g/mol. The normalized spacial score (nSPS) is 17.5. The van der Waals surface area contributed by atoms with Crippen LogP contribution in [0.1, 0.15) is 37.2 Å². The van der Waals surface area contributed by atoms with E-state index in [-0.39, 0.29) is 18.9 Å². The minimum atomic E-state index is -0.403. The number of imidazole rings is 1. The second-order valence-corrected chi connectivity index (χ2v) is 7.30. The quantitative estimate of drug-likeness (QED) is 0.698. The maximum atomic E-state index is 12.8. The van der Waals surface area contributed by atoms with Gasteiger partial charge in [-0.2, -0.15) is 4.98 Å². The number of carbonyl (C=O) groups excluding carboxylic acids is 1. The van der Waals surface area contributed by atoms with Gasteiger partial charge in [0.05, 0.1) is 24.3 Å². The zero-order valence-corrected chi connectivity index (χ0v) is 16.0. The third kappa shape index (κ3) is 3.16. The second kappa shape index (κ2) is 6.80. The lowest BCUT2D eigenvalue weighted by Gasteiger charge is -2.33. The number of rotatable bonds is 3. The van der Waals surface area contributed by atoms with Crippen LogP contribution in [-0.4, -0.2) is 43.9 Å². The van der Waals surface area contributed by atoms with Gasteiger partial charge in [-0.25, -0.2) is 9.78 Å². The molecule has 2 aliphatic rings. The highest BCUT2D eigenvalue weighted by molar-refractivity contribution is 5.75. The summed E-state index contributed by atoms with van der Waals surface area (Å²) in [5.74, 6) is 2.12. The third-order valence-corrected chi connectivity index (χ3v) is 4.93. The fourth-order valence-corrected chi connectivity index (χ4v) is 3.52. The Bertz CT molecular complexity index is 1060. The van der Waals surface area contributed by atoms with E-state index in [0.29, 0.717) is 36.2 Å². The van der Waals surface area contributed by atoms with Crippen LogP contribution < -0.4 is 14.8 Å². The van der Waals surface area contributed by atoms with Crippen molar-refractivity contribution >= 4 is 6.03 Å². The molecular formula is C19H20N6O4. The van der Waals surface area contributed by atoms with Gasteiger partial charge in [-0.1, -0.05) is 5.16 Å². The number of aromatic nitrogens is 4. The van der Waals surface area contributed by atoms with Gasteiger partial charge in [-0.05, 0) is 32.0 Å². The number of aromatic amines is 1. The number of hydrogen-bond donors (Lipinski definition) is 2. The molecule has 2 N–H and O–H groups in total. The van der Waals surface area contributed by atoms with E-state index in [1.54, 1.807) is 11.2 Å². The molecule has 0 spiro atoms. The average Bonchev–Trinajstić information content (AvgIpc) is 3.44. The predicted octanol–water partition coefficient (Wildman–Crippen LogP) is 2.41. The monoisotopic (exact) mass is 396 g/mol. The molecule has 1 unspecified atom stereocenters. The summed E-state index contributed by atoms with van der Waals surface area (Å²) in [5, 5.41) is 7.05. The van der Waals surface area contributed by atoms with E-state index in [1.807, 2.05) is 32.0 Å². The fraction of sp³-hybridized carbons (Fsp3) is 0.368. The Balaban J connectivity index is 1.46. The van der Waals surface area contributed by atoms with Crippen molar-refractivity contribution in [3.05, 3.63) is 41.8 Å². The SMILES string of the molecule is CC(C)NC(=O)N1Cc2[nH]cnc2CC1c1nc(-c2ccc3c(c2)OCO3)no1. The highest BCUT2D eigenvalue weighted by Crippen LogP contribution is 2.36. The van der Waals surface area contributed by atoms with Crippen molar-refractivity contribution in [2.45, 2.75) is 38.9 Å². The van der Waals surface area contributed by atoms with E-state index in [2.05, 4.69) is 25.4 Å². The molecule has 0 radical (unpaired) electrons. The van der Waals surface area contributed by atoms with Crippen molar-refractivity contribution in [1.82, 2.24) is 30.3 Å². The lowest BCUT2D eigenvalue weighted by Crippen LogP contribution is -2.46. The number of amides is 2. The van der Waals surface area contributed by atoms with Gasteiger partial charge in [0.15, 0.2) is 11.5 Å². The Kier molecular flexibility index (Phi) is 4.11. The van der Waals surface area contributed by atoms with Crippen LogP contribution in [0.15, 0.2) is 29.0 Å². The van der Waals surface area contributed by atoms with Crippen molar-refractivity contribution in [3.8, 4) is 22.9 Å². The number of fused-ring (bicyclic) bond motifs is 2. The Morgan fingerprint density at radius 2 is 2.17 bits per heavy atom. The highest BCUT2D eigenvalue weighted by Gasteiger charge is 2.36. The lowest BCUT2D eigenvalue weighted by molar-refractivity contribution is 0.142. The summed E-state index contributed by atoms with van der Waals surface area (Å²) in [6, 6.07) is 4.89. The van der Waals surface area contributed by atoms with Gasteiger partial charge in [0, 0.05) is 18.0 Å². The summed E-state index contributed by atoms with van der Waals surface area (Å²) < 4.78 is 16.3. The first-order valence-corrected chi connectivity index (χ1v) is 9.40. The van der Waals surface area contributed by atoms with Crippen LogP contribution in [0, 0.1) is 0 Å². The summed E-state index contributed by atoms with van der Waals surface area (Å²) in [6.07, 6.45) is 2.13. The van der Waals surface area contributed by atoms with Crippen LogP contribution in [-0.2, 0) is 13.0 Å². The van der Waals surface area contributed by atoms with Crippen LogP contribution in [0.2, 0.25) is 0 Å². The Hall–Kier alpha value is -3.56. The van der Waals surface area contributed by atoms with E-state index < -0.39 is 6.04 Å². The minimum Gasteiger partial charge on any atom is -0.454 e. The average molecular weight is 396 g/mol. The summed E-state index contributed by atoms with van der Waals surface area (Å²) in [7, 11) is 0. The number of urea groups is 1. The Morgan fingerprint density at radius 1 is 1.31 bits per heavy atom. The van der Waals surface area contributed by atoms with E-state index in [0.717, 1.165) is 17.0 Å². The van der Waals surface area contributed by atoms with E-state index in [9.17, 15) is 4.79 Å². The fourth-order valence-electron chi connectivity index (χ4n) is 3.52. The van der Waals surface area contributed by atoms with Crippen molar-refractivity contribution in [1.29, 1.82) is 0 Å². The van der Waals surface area contributed by atoms with Crippen LogP contribution in [0.25, 0.3) is 11.4 Å². The Morgan fingerprint density at radius 3 is 3.03 bits per heavy atom. The first-order valence-electron chi connectivity index (χ1n) is 9.40. The zero-order chi connectivity index (χ0) is 20.0. The summed E-state index contributed by atoms with van der Waals surface area (Å²) in [6.45, 7) is 4.43. The minimum absolute atomic E-state index is 0.0122. The maximum absolute atomic E-state index is 12.8. The van der Waals surface area contributed by atoms with Gasteiger partial charge < -0.3 is 29.2 Å². The van der Waals surface area contributed by atoms with Crippen molar-refractivity contribution in [2.75, 3.05) is 6.79 Å². The topological polar surface area (TPSA) is 118 Å². The molecule has 10 heteroatoms. The molecule has 10 nitrogen and oxygen atoms in total. The number of carbonyl (C=O) groups is 1. The molecule has 0 saturated heterocycles. The van der Waals surface area contributed by atoms with E-state index >= 15 is 0 Å². The molecule has 2 amide bonds. The number of ether oxygens (including phenoxy) is 2. The van der Waals surface area contributed by atoms with E-state index in [1.165, 1.54) is 0 Å². The van der Waals surface area contributed by atoms with Crippen molar-refractivity contribution < 1.29 is 18.8 Å². The van der Waals surface area contributed by atoms with Crippen LogP contribution >= 0.6 is 0 Å². The summed E-state index contributed by atoms with van der Waals surface area (Å²) >= 11 is 0. The smallest absolute Gasteiger partial charge is 0.318 e. The standard InChI is InChI=1S/C19H20N6O4/c1-10(2)22-19(26)25-7-13-12(20-8-21-13)6-14(25)18-23-17(24-29-18)11-3-4-15-16(5-11)28-9-27-15/h3-5,8,10,14H,6-7,9H2,1-2H3,(H,20,21)(H,22,26). The summed E-state index contributed by atoms with van der Waals surface area (Å²) in [4.78, 5) is 26.5. The third-order valence-electron chi connectivity index (χ3n) is 4.93. The molecule has 0 fully saturated rings. The lowest BCUT2D eigenvalue weighted by atomic mass is 10.0. The van der Waals surface area contributed by atoms with Gasteiger partial charge in [-0.3, -0.25) is 0 Å². The van der Waals surface area contributed by atoms with Crippen LogP contribution in [0.5, 0.6) is 11.5 Å². The van der Waals surface area contributed by atoms with Gasteiger partial charge in [0.1, 0.15) is 6.04 Å². The number of benzene rings is 1. The van der Waals surface area contributed by atoms with Gasteiger partial charge >= 0.3 is 6.03 Å². The predicted molar refractivity (Wildman–Crippen MR) is 100 cm³/mol. The molecule has 5 rings (SSSR count). The molecule has 0 aliphatic carbocycles. The largest absolute Gasteiger partial charge is 0.454 e. The molecule has 4 heterocycles. The van der Waals surface area contributed by atoms with Crippen molar-refractivity contribution in [3.63, 3.8) is 0 Å². The van der Waals surface area contributed by atoms with Gasteiger partial charge in [0.2, 0.25) is 18.5 Å². The molecule has 150 valence electrons. The second-order valence-electron chi connectivity index (χ2n) is 7.30. The Labute approximate surface area is 166 Å². The maximum Gasteiger partial charge on any atom is 0.318 e. The molecule has 1 aromatic carbocycles.